The largest absolute Gasteiger partial charge is 0.493 e. The zero-order chi connectivity index (χ0) is 127. The minimum atomic E-state index is -3.71. The van der Waals surface area contributed by atoms with Crippen molar-refractivity contribution in [2.24, 2.45) is 93.9 Å². The maximum atomic E-state index is 13.4. The molecule has 8 aliphatic rings. The molecular formula is C96H152N8O16. The van der Waals surface area contributed by atoms with Crippen molar-refractivity contribution in [3.8, 4) is 46.0 Å². The predicted octanol–water partition coefficient (Wildman–Crippen LogP) is 14.3. The van der Waals surface area contributed by atoms with Crippen molar-refractivity contribution in [2.45, 2.75) is 260 Å². The fraction of sp³-hybridized carbons (Fsp3) is 0.708. The van der Waals surface area contributed by atoms with Gasteiger partial charge in [0.2, 0.25) is 0 Å². The average molecular weight is 1720 g/mol. The third-order valence-electron chi connectivity index (χ3n) is 23.1. The van der Waals surface area contributed by atoms with Crippen LogP contribution in [-0.4, -0.2) is 201 Å². The van der Waals surface area contributed by atoms with E-state index in [-0.39, 0.29) is 161 Å². The number of ether oxygens (including phenoxy) is 12. The van der Waals surface area contributed by atoms with Crippen LogP contribution in [0.2, 0.25) is 0 Å². The Morgan fingerprint density at radius 1 is 0.367 bits per heavy atom. The molecule has 12 rings (SSSR count). The number of carbonyl (C=O) groups is 4. The second-order valence-corrected chi connectivity index (χ2v) is 33.1. The van der Waals surface area contributed by atoms with Crippen molar-refractivity contribution in [1.29, 1.82) is 0 Å². The quantitative estimate of drug-likeness (QED) is 0.0303. The topological polar surface area (TPSA) is 296 Å². The molecule has 8 aliphatic heterocycles. The molecule has 4 aromatic carbocycles. The molecule has 16 atom stereocenters. The Morgan fingerprint density at radius 3 is 0.875 bits per heavy atom. The van der Waals surface area contributed by atoms with Crippen LogP contribution in [0.4, 0.5) is 0 Å². The summed E-state index contributed by atoms with van der Waals surface area (Å²) < 4.78 is 432. The molecule has 4 saturated heterocycles. The lowest BCUT2D eigenvalue weighted by Gasteiger charge is -2.47. The number of fused-ring (bicyclic) bond motifs is 12. The average Bonchev–Trinajstić information content (AvgIpc) is 0.720. The first-order valence-corrected chi connectivity index (χ1v) is 40.5. The van der Waals surface area contributed by atoms with Gasteiger partial charge in [-0.05, 0) is 191 Å². The van der Waals surface area contributed by atoms with E-state index in [1.54, 1.807) is 0 Å². The van der Waals surface area contributed by atoms with Crippen LogP contribution in [0.25, 0.3) is 0 Å². The van der Waals surface area contributed by atoms with E-state index in [0.29, 0.717) is 148 Å². The first kappa shape index (κ1) is 50.7. The number of piperidine rings is 4. The van der Waals surface area contributed by atoms with E-state index in [1.807, 2.05) is 65.2 Å². The second kappa shape index (κ2) is 43.9. The number of benzene rings is 4. The number of rotatable bonds is 28. The number of methoxy groups -OCH3 is 8. The first-order valence-electron chi connectivity index (χ1n) is 63.5. The predicted molar refractivity (Wildman–Crippen MR) is 471 cm³/mol. The standard InChI is InChI=1S/4C24H38N2O4/c4*1-14(2)9-17-13-26-8-7-16-10-21(28-5)22(29-6)11-18(16)19(26)12-20(17)30-24(27)23(25)15(3)4/h4*10-11,14-15,17,19-20,23H,7-9,12-13,25H2,1-6H3/t4*17?,19?,20?,23-/m0000/s1/i2*3D3,4D3,5D3,10D,11D,15D,23D;3D3,4D3,10D,11D,15D,23D;3D3,4D3,10D,11D,15D,20D. The Labute approximate surface area is 783 Å². The fourth-order valence-electron chi connectivity index (χ4n) is 17.6. The van der Waals surface area contributed by atoms with Gasteiger partial charge in [-0.25, -0.2) is 0 Å². The lowest BCUT2D eigenvalue weighted by molar-refractivity contribution is -0.161. The van der Waals surface area contributed by atoms with Gasteiger partial charge < -0.3 is 79.8 Å². The summed E-state index contributed by atoms with van der Waals surface area (Å²) in [5, 5.41) is 0. The van der Waals surface area contributed by atoms with Gasteiger partial charge in [0, 0.05) is 164 Å². The minimum absolute atomic E-state index is 0.00664. The first-order chi connectivity index (χ1) is 75.3. The molecule has 120 heavy (non-hydrogen) atoms. The summed E-state index contributed by atoms with van der Waals surface area (Å²) in [4.78, 5) is 61.7. The Kier molecular flexibility index (Phi) is 18.6. The van der Waals surface area contributed by atoms with Crippen molar-refractivity contribution in [2.75, 3.05) is 109 Å². The van der Waals surface area contributed by atoms with E-state index in [1.165, 1.54) is 42.7 Å². The van der Waals surface area contributed by atoms with Gasteiger partial charge in [-0.1, -0.05) is 110 Å². The van der Waals surface area contributed by atoms with Gasteiger partial charge in [0.05, 0.1) is 81.4 Å². The number of nitrogens with zero attached hydrogens (tertiary/aromatic N) is 4. The van der Waals surface area contributed by atoms with Crippen LogP contribution in [-0.2, 0) is 63.8 Å². The van der Waals surface area contributed by atoms with Gasteiger partial charge in [-0.2, -0.15) is 0 Å². The van der Waals surface area contributed by atoms with E-state index >= 15 is 0 Å². The molecule has 8 N–H and O–H groups in total. The molecule has 4 aromatic rings. The third kappa shape index (κ3) is 23.8. The van der Waals surface area contributed by atoms with Gasteiger partial charge in [-0.15, -0.1) is 0 Å². The lowest BCUT2D eigenvalue weighted by atomic mass is 9.79. The molecule has 12 unspecified atom stereocenters. The van der Waals surface area contributed by atoms with Crippen LogP contribution < -0.4 is 60.8 Å². The number of carbonyl (C=O) groups excluding carboxylic acids is 4. The summed E-state index contributed by atoms with van der Waals surface area (Å²) in [7, 11) is 2.15. The van der Waals surface area contributed by atoms with Crippen molar-refractivity contribution in [3.63, 3.8) is 0 Å². The molecule has 0 spiro atoms. The fourth-order valence-corrected chi connectivity index (χ4v) is 17.6. The van der Waals surface area contributed by atoms with E-state index < -0.39 is 195 Å². The lowest BCUT2D eigenvalue weighted by Crippen LogP contribution is -2.51. The van der Waals surface area contributed by atoms with E-state index in [0.717, 1.165) is 0 Å². The molecule has 24 heteroatoms. The molecule has 8 heterocycles. The molecule has 0 radical (unpaired) electrons. The van der Waals surface area contributed by atoms with Crippen LogP contribution in [0, 0.1) is 70.9 Å². The highest BCUT2D eigenvalue weighted by molar-refractivity contribution is 5.77. The summed E-state index contributed by atoms with van der Waals surface area (Å²) in [5.41, 5.74) is 26.8. The monoisotopic (exact) mass is 1720 g/mol. The number of nitrogens with two attached hydrogens (primary N) is 4. The molecule has 4 fully saturated rings. The van der Waals surface area contributed by atoms with E-state index in [4.69, 9.17) is 141 Å². The second-order valence-electron chi connectivity index (χ2n) is 33.1. The molecule has 0 bridgehead atoms. The normalized spacial score (nSPS) is 33.3. The van der Waals surface area contributed by atoms with Crippen LogP contribution in [0.15, 0.2) is 48.3 Å². The highest BCUT2D eigenvalue weighted by Crippen LogP contribution is 2.50. The van der Waals surface area contributed by atoms with Gasteiger partial charge in [0.25, 0.3) is 0 Å². The Morgan fingerprint density at radius 2 is 0.617 bits per heavy atom. The number of esters is 4. The van der Waals surface area contributed by atoms with Crippen molar-refractivity contribution >= 4 is 23.9 Å². The minimum Gasteiger partial charge on any atom is -0.493 e. The van der Waals surface area contributed by atoms with Crippen LogP contribution in [0.1, 0.15) is 293 Å². The summed E-state index contributed by atoms with van der Waals surface area (Å²) in [6.45, 7) is -9.74. The van der Waals surface area contributed by atoms with Crippen LogP contribution in [0.5, 0.6) is 46.0 Å². The van der Waals surface area contributed by atoms with Crippen molar-refractivity contribution in [3.05, 3.63) is 92.8 Å². The highest BCUT2D eigenvalue weighted by atomic mass is 16.6. The third-order valence-corrected chi connectivity index (χ3v) is 23.1. The van der Waals surface area contributed by atoms with Crippen molar-refractivity contribution < 1.29 is 139 Å². The molecule has 24 nitrogen and oxygen atoms in total. The van der Waals surface area contributed by atoms with Crippen molar-refractivity contribution in [1.82, 2.24) is 19.6 Å². The molecule has 0 aliphatic carbocycles. The maximum Gasteiger partial charge on any atom is 0.323 e. The highest BCUT2D eigenvalue weighted by Gasteiger charge is 2.47. The van der Waals surface area contributed by atoms with Gasteiger partial charge in [0.15, 0.2) is 46.0 Å². The van der Waals surface area contributed by atoms with E-state index in [2.05, 4.69) is 9.80 Å². The molecule has 0 saturated carbocycles. The molecule has 672 valence electrons. The smallest absolute Gasteiger partial charge is 0.323 e. The summed E-state index contributed by atoms with van der Waals surface area (Å²) in [5.74, 6) is -22.8. The Bertz CT molecular complexity index is 5870. The van der Waals surface area contributed by atoms with Gasteiger partial charge in [0.1, 0.15) is 48.5 Å². The van der Waals surface area contributed by atoms with Crippen LogP contribution >= 0.6 is 0 Å². The molecule has 0 amide bonds. The SMILES string of the molecule is [2H]c1c2c(c([2H])c(OC)c1OC([2H])([2H])[2H])C1CC(OC(=O)[C@@]([2H])(N)C([2H])(C([2H])([2H])[2H])C([2H])([2H])[2H])C(CC(C)C)CN1CC2.[2H]c1c2c(c([2H])c(OC)c1OC([2H])([2H])[2H])C1CC(OC(=O)[C@@]([2H])(N)C([2H])(C([2H])([2H])[2H])C([2H])([2H])[2H])C(CC(C)C)CN1CC2.[2H]c1c2c(c([2H])c(OC)c1OC)C1CC(OC(=O)[C@@]([2H])(N)C([2H])(C([2H])([2H])[2H])C([2H])([2H])[2H])C(CC(C)C)CN1CC2.[2H]c1c2c(c([2H])c(OC)c1OC)C1CC([2H])(OC(=O)[C@@H](N)C([2H])(C([2H])([2H])[2H])C([2H])([2H])[2H])C(CC(C)C)CN1CC2. The van der Waals surface area contributed by atoms with E-state index in [9.17, 15) is 20.5 Å². The summed E-state index contributed by atoms with van der Waals surface area (Å²) >= 11 is 0. The Balaban J connectivity index is 0.000000243. The summed E-state index contributed by atoms with van der Waals surface area (Å²) in [6.07, 6.45) is -1.31. The number of hydrogen-bond donors (Lipinski definition) is 4. The number of hydrogen-bond acceptors (Lipinski definition) is 24. The zero-order valence-corrected chi connectivity index (χ0v) is 71.0. The van der Waals surface area contributed by atoms with Gasteiger partial charge in [-0.3, -0.25) is 38.8 Å². The van der Waals surface area contributed by atoms with Crippen LogP contribution in [0.3, 0.4) is 0 Å². The summed E-state index contributed by atoms with van der Waals surface area (Å²) in [6, 6.07) is -16.0. The molecule has 0 aromatic heterocycles. The zero-order valence-electron chi connectivity index (χ0n) is 117. The Hall–Kier alpha value is -7.16. The molecular weight excluding hydrogens is 1520 g/mol. The van der Waals surface area contributed by atoms with Gasteiger partial charge >= 0.3 is 23.9 Å². The maximum absolute atomic E-state index is 13.4.